The minimum atomic E-state index is -0.446. The van der Waals surface area contributed by atoms with E-state index >= 15 is 0 Å². The molecule has 4 nitrogen and oxygen atoms in total. The fraction of sp³-hybridized carbons (Fsp3) is 0.350. The topological polar surface area (TPSA) is 47.6 Å². The van der Waals surface area contributed by atoms with Gasteiger partial charge in [-0.2, -0.15) is 0 Å². The van der Waals surface area contributed by atoms with Gasteiger partial charge in [-0.1, -0.05) is 18.2 Å². The Hall–Kier alpha value is -2.56. The average molecular weight is 341 g/mol. The maximum Gasteiger partial charge on any atom is 0.230 e. The van der Waals surface area contributed by atoms with Crippen LogP contribution in [-0.2, 0) is 16.6 Å². The third kappa shape index (κ3) is 3.18. The lowest BCUT2D eigenvalue weighted by molar-refractivity contribution is -0.123. The zero-order chi connectivity index (χ0) is 17.3. The Kier molecular flexibility index (Phi) is 4.07. The number of hydrogen-bond donors (Lipinski definition) is 1. The summed E-state index contributed by atoms with van der Waals surface area (Å²) in [6.45, 7) is 1.63. The van der Waals surface area contributed by atoms with Crippen molar-refractivity contribution in [2.75, 3.05) is 19.8 Å². The number of ether oxygens (including phenoxy) is 2. The average Bonchev–Trinajstić information content (AvgIpc) is 3.45. The van der Waals surface area contributed by atoms with Crippen LogP contribution in [0.4, 0.5) is 4.39 Å². The highest BCUT2D eigenvalue weighted by Gasteiger charge is 2.51. The Bertz CT molecular complexity index is 784. The normalized spacial score (nSPS) is 17.0. The molecule has 1 N–H and O–H groups in total. The second-order valence-electron chi connectivity index (χ2n) is 6.57. The van der Waals surface area contributed by atoms with Gasteiger partial charge in [0.25, 0.3) is 0 Å². The number of halogens is 1. The molecule has 2 aromatic carbocycles. The van der Waals surface area contributed by atoms with Crippen molar-refractivity contribution >= 4 is 5.91 Å². The predicted molar refractivity (Wildman–Crippen MR) is 91.5 cm³/mol. The van der Waals surface area contributed by atoms with Gasteiger partial charge in [-0.05, 0) is 54.7 Å². The summed E-state index contributed by atoms with van der Waals surface area (Å²) in [5, 5.41) is 3.02. The fourth-order valence-corrected chi connectivity index (χ4v) is 3.25. The van der Waals surface area contributed by atoms with Gasteiger partial charge in [0.2, 0.25) is 5.91 Å². The Morgan fingerprint density at radius 1 is 1.04 bits per heavy atom. The van der Waals surface area contributed by atoms with Crippen LogP contribution in [0.1, 0.15) is 24.0 Å². The molecule has 1 aliphatic heterocycles. The molecule has 2 aromatic rings. The van der Waals surface area contributed by atoms with Crippen molar-refractivity contribution in [2.24, 2.45) is 0 Å². The fourth-order valence-electron chi connectivity index (χ4n) is 3.25. The molecule has 0 radical (unpaired) electrons. The summed E-state index contributed by atoms with van der Waals surface area (Å²) in [4.78, 5) is 12.7. The molecule has 0 bridgehead atoms. The van der Waals surface area contributed by atoms with E-state index in [0.29, 0.717) is 31.9 Å². The van der Waals surface area contributed by atoms with E-state index in [1.54, 1.807) is 12.1 Å². The minimum absolute atomic E-state index is 0.0475. The standard InChI is InChI=1S/C20H20FNO3/c21-16-4-1-14(2-5-16)7-10-22-19(23)20(8-9-20)15-3-6-17-18(13-15)25-12-11-24-17/h1-6,13H,7-12H2,(H,22,23). The van der Waals surface area contributed by atoms with Gasteiger partial charge in [-0.25, -0.2) is 4.39 Å². The Balaban J connectivity index is 1.40. The van der Waals surface area contributed by atoms with Crippen molar-refractivity contribution < 1.29 is 18.7 Å². The first-order valence-corrected chi connectivity index (χ1v) is 8.60. The van der Waals surface area contributed by atoms with Crippen molar-refractivity contribution in [3.8, 4) is 11.5 Å². The highest BCUT2D eigenvalue weighted by atomic mass is 19.1. The molecular weight excluding hydrogens is 321 g/mol. The summed E-state index contributed by atoms with van der Waals surface area (Å²) in [6, 6.07) is 12.1. The number of hydrogen-bond acceptors (Lipinski definition) is 3. The molecule has 4 rings (SSSR count). The number of fused-ring (bicyclic) bond motifs is 1. The first-order chi connectivity index (χ1) is 12.2. The lowest BCUT2D eigenvalue weighted by atomic mass is 9.94. The van der Waals surface area contributed by atoms with Crippen LogP contribution in [0.25, 0.3) is 0 Å². The number of nitrogens with one attached hydrogen (secondary N) is 1. The molecule has 0 unspecified atom stereocenters. The number of carbonyl (C=O) groups is 1. The van der Waals surface area contributed by atoms with E-state index in [4.69, 9.17) is 9.47 Å². The van der Waals surface area contributed by atoms with E-state index in [1.807, 2.05) is 18.2 Å². The zero-order valence-electron chi connectivity index (χ0n) is 13.9. The summed E-state index contributed by atoms with van der Waals surface area (Å²) in [5.41, 5.74) is 1.54. The van der Waals surface area contributed by atoms with Crippen LogP contribution in [0.15, 0.2) is 42.5 Å². The molecular formula is C20H20FNO3. The number of carbonyl (C=O) groups excluding carboxylic acids is 1. The molecule has 0 aromatic heterocycles. The Morgan fingerprint density at radius 2 is 1.76 bits per heavy atom. The minimum Gasteiger partial charge on any atom is -0.486 e. The Labute approximate surface area is 146 Å². The monoisotopic (exact) mass is 341 g/mol. The second kappa shape index (κ2) is 6.39. The van der Waals surface area contributed by atoms with Crippen LogP contribution in [0.3, 0.4) is 0 Å². The first-order valence-electron chi connectivity index (χ1n) is 8.60. The van der Waals surface area contributed by atoms with Crippen LogP contribution in [0.5, 0.6) is 11.5 Å². The predicted octanol–water partition coefficient (Wildman–Crippen LogP) is 2.99. The molecule has 5 heteroatoms. The van der Waals surface area contributed by atoms with Crippen LogP contribution in [-0.4, -0.2) is 25.7 Å². The number of rotatable bonds is 5. The van der Waals surface area contributed by atoms with Crippen LogP contribution in [0.2, 0.25) is 0 Å². The van der Waals surface area contributed by atoms with Crippen molar-refractivity contribution in [1.82, 2.24) is 5.32 Å². The lowest BCUT2D eigenvalue weighted by Gasteiger charge is -2.21. The van der Waals surface area contributed by atoms with Gasteiger partial charge in [0.05, 0.1) is 5.41 Å². The summed E-state index contributed by atoms with van der Waals surface area (Å²) >= 11 is 0. The Morgan fingerprint density at radius 3 is 2.48 bits per heavy atom. The van der Waals surface area contributed by atoms with E-state index in [-0.39, 0.29) is 11.7 Å². The number of amides is 1. The summed E-state index contributed by atoms with van der Waals surface area (Å²) in [5.74, 6) is 1.26. The van der Waals surface area contributed by atoms with Gasteiger partial charge >= 0.3 is 0 Å². The van der Waals surface area contributed by atoms with E-state index in [2.05, 4.69) is 5.32 Å². The van der Waals surface area contributed by atoms with Crippen molar-refractivity contribution in [2.45, 2.75) is 24.7 Å². The van der Waals surface area contributed by atoms with Gasteiger partial charge in [0.15, 0.2) is 11.5 Å². The number of benzene rings is 2. The van der Waals surface area contributed by atoms with Crippen molar-refractivity contribution in [1.29, 1.82) is 0 Å². The van der Waals surface area contributed by atoms with Gasteiger partial charge in [-0.3, -0.25) is 4.79 Å². The van der Waals surface area contributed by atoms with E-state index in [0.717, 1.165) is 29.7 Å². The molecule has 2 aliphatic rings. The van der Waals surface area contributed by atoms with Gasteiger partial charge in [0, 0.05) is 6.54 Å². The quantitative estimate of drug-likeness (QED) is 0.909. The zero-order valence-corrected chi connectivity index (χ0v) is 13.9. The molecule has 1 aliphatic carbocycles. The summed E-state index contributed by atoms with van der Waals surface area (Å²) in [6.07, 6.45) is 2.37. The van der Waals surface area contributed by atoms with E-state index in [1.165, 1.54) is 12.1 Å². The summed E-state index contributed by atoms with van der Waals surface area (Å²) in [7, 11) is 0. The smallest absolute Gasteiger partial charge is 0.230 e. The van der Waals surface area contributed by atoms with E-state index < -0.39 is 5.41 Å². The first kappa shape index (κ1) is 15.9. The van der Waals surface area contributed by atoms with E-state index in [9.17, 15) is 9.18 Å². The maximum atomic E-state index is 12.9. The molecule has 130 valence electrons. The highest BCUT2D eigenvalue weighted by Crippen LogP contribution is 2.50. The van der Waals surface area contributed by atoms with Crippen LogP contribution >= 0.6 is 0 Å². The maximum absolute atomic E-state index is 12.9. The van der Waals surface area contributed by atoms with Gasteiger partial charge in [-0.15, -0.1) is 0 Å². The summed E-state index contributed by atoms with van der Waals surface area (Å²) < 4.78 is 24.1. The third-order valence-electron chi connectivity index (χ3n) is 4.89. The molecule has 1 amide bonds. The molecule has 0 saturated heterocycles. The van der Waals surface area contributed by atoms with Crippen LogP contribution in [0, 0.1) is 5.82 Å². The molecule has 0 atom stereocenters. The van der Waals surface area contributed by atoms with Crippen LogP contribution < -0.4 is 14.8 Å². The second-order valence-corrected chi connectivity index (χ2v) is 6.57. The van der Waals surface area contributed by atoms with Gasteiger partial charge < -0.3 is 14.8 Å². The highest BCUT2D eigenvalue weighted by molar-refractivity contribution is 5.91. The molecule has 1 saturated carbocycles. The molecule has 1 heterocycles. The third-order valence-corrected chi connectivity index (χ3v) is 4.89. The largest absolute Gasteiger partial charge is 0.486 e. The SMILES string of the molecule is O=C(NCCc1ccc(F)cc1)C1(c2ccc3c(c2)OCCO3)CC1. The lowest BCUT2D eigenvalue weighted by Crippen LogP contribution is -2.36. The van der Waals surface area contributed by atoms with Gasteiger partial charge in [0.1, 0.15) is 19.0 Å². The van der Waals surface area contributed by atoms with Crippen molar-refractivity contribution in [3.63, 3.8) is 0 Å². The molecule has 1 fully saturated rings. The molecule has 25 heavy (non-hydrogen) atoms. The van der Waals surface area contributed by atoms with Crippen molar-refractivity contribution in [3.05, 3.63) is 59.4 Å². The molecule has 0 spiro atoms.